The zero-order chi connectivity index (χ0) is 12.8. The molecule has 1 aromatic heterocycles. The zero-order valence-electron chi connectivity index (χ0n) is 9.96. The molecule has 0 radical (unpaired) electrons. The maximum Gasteiger partial charge on any atom is 0.274 e. The first kappa shape index (κ1) is 12.0. The predicted octanol–water partition coefficient (Wildman–Crippen LogP) is 2.13. The molecule has 0 fully saturated rings. The van der Waals surface area contributed by atoms with Crippen molar-refractivity contribution in [3.05, 3.63) is 48.4 Å². The molecule has 1 amide bonds. The van der Waals surface area contributed by atoms with E-state index in [2.05, 4.69) is 15.3 Å². The first-order valence-electron chi connectivity index (χ1n) is 5.61. The Balaban J connectivity index is 2.11. The van der Waals surface area contributed by atoms with Crippen molar-refractivity contribution in [2.24, 2.45) is 0 Å². The number of carbonyl (C=O) groups is 1. The minimum atomic E-state index is -0.287. The summed E-state index contributed by atoms with van der Waals surface area (Å²) < 4.78 is 5.22. The molecule has 0 aliphatic carbocycles. The number of rotatable bonds is 4. The molecule has 0 saturated heterocycles. The second kappa shape index (κ2) is 5.77. The number of nitrogens with zero attached hydrogens (tertiary/aromatic N) is 2. The number of carbonyl (C=O) groups excluding carboxylic acids is 1. The Labute approximate surface area is 105 Å². The molecule has 0 spiro atoms. The third-order valence-electron chi connectivity index (χ3n) is 2.20. The smallest absolute Gasteiger partial charge is 0.274 e. The van der Waals surface area contributed by atoms with E-state index >= 15 is 0 Å². The van der Waals surface area contributed by atoms with Crippen LogP contribution in [-0.4, -0.2) is 22.5 Å². The molecule has 2 rings (SSSR count). The monoisotopic (exact) mass is 243 g/mol. The first-order valence-corrected chi connectivity index (χ1v) is 5.61. The fourth-order valence-corrected chi connectivity index (χ4v) is 1.41. The van der Waals surface area contributed by atoms with Gasteiger partial charge in [0.2, 0.25) is 5.88 Å². The van der Waals surface area contributed by atoms with Crippen molar-refractivity contribution in [1.82, 2.24) is 9.97 Å². The van der Waals surface area contributed by atoms with E-state index in [1.54, 1.807) is 0 Å². The number of amides is 1. The van der Waals surface area contributed by atoms with Gasteiger partial charge in [-0.1, -0.05) is 18.2 Å². The summed E-state index contributed by atoms with van der Waals surface area (Å²) in [6.45, 7) is 2.35. The average Bonchev–Trinajstić information content (AvgIpc) is 2.40. The van der Waals surface area contributed by atoms with Gasteiger partial charge in [-0.25, -0.2) is 9.97 Å². The summed E-state index contributed by atoms with van der Waals surface area (Å²) in [6.07, 6.45) is 1.31. The van der Waals surface area contributed by atoms with E-state index in [4.69, 9.17) is 4.74 Å². The van der Waals surface area contributed by atoms with Gasteiger partial charge in [-0.3, -0.25) is 4.79 Å². The lowest BCUT2D eigenvalue weighted by Gasteiger charge is -2.05. The molecule has 92 valence electrons. The fourth-order valence-electron chi connectivity index (χ4n) is 1.41. The van der Waals surface area contributed by atoms with Crippen LogP contribution in [0.2, 0.25) is 0 Å². The average molecular weight is 243 g/mol. The Bertz CT molecular complexity index is 529. The Kier molecular flexibility index (Phi) is 3.86. The van der Waals surface area contributed by atoms with Crippen LogP contribution in [0.4, 0.5) is 5.69 Å². The molecule has 1 aromatic carbocycles. The molecule has 2 aromatic rings. The lowest BCUT2D eigenvalue weighted by atomic mass is 10.3. The fraction of sp³-hybridized carbons (Fsp3) is 0.154. The van der Waals surface area contributed by atoms with Crippen molar-refractivity contribution in [3.63, 3.8) is 0 Å². The van der Waals surface area contributed by atoms with Gasteiger partial charge in [0.05, 0.1) is 6.61 Å². The Morgan fingerprint density at radius 3 is 2.78 bits per heavy atom. The van der Waals surface area contributed by atoms with Gasteiger partial charge in [-0.2, -0.15) is 0 Å². The van der Waals surface area contributed by atoms with Gasteiger partial charge < -0.3 is 10.1 Å². The van der Waals surface area contributed by atoms with Crippen molar-refractivity contribution in [2.75, 3.05) is 11.9 Å². The molecular weight excluding hydrogens is 230 g/mol. The van der Waals surface area contributed by atoms with Crippen LogP contribution in [0.1, 0.15) is 17.4 Å². The normalized spacial score (nSPS) is 9.83. The second-order valence-corrected chi connectivity index (χ2v) is 3.49. The molecule has 0 unspecified atom stereocenters. The highest BCUT2D eigenvalue weighted by atomic mass is 16.5. The standard InChI is InChI=1S/C13H13N3O2/c1-2-18-12-8-11(14-9-15-12)13(17)16-10-6-4-3-5-7-10/h3-9H,2H2,1H3,(H,16,17). The van der Waals surface area contributed by atoms with Gasteiger partial charge in [0.25, 0.3) is 5.91 Å². The van der Waals surface area contributed by atoms with E-state index < -0.39 is 0 Å². The molecule has 1 N–H and O–H groups in total. The third kappa shape index (κ3) is 3.04. The number of para-hydroxylation sites is 1. The minimum absolute atomic E-state index is 0.275. The molecule has 0 saturated carbocycles. The lowest BCUT2D eigenvalue weighted by Crippen LogP contribution is -2.14. The minimum Gasteiger partial charge on any atom is -0.478 e. The maximum atomic E-state index is 11.9. The number of aromatic nitrogens is 2. The van der Waals surface area contributed by atoms with Gasteiger partial charge in [0.1, 0.15) is 12.0 Å². The van der Waals surface area contributed by atoms with Gasteiger partial charge >= 0.3 is 0 Å². The molecule has 18 heavy (non-hydrogen) atoms. The molecule has 5 heteroatoms. The number of benzene rings is 1. The predicted molar refractivity (Wildman–Crippen MR) is 67.6 cm³/mol. The Morgan fingerprint density at radius 2 is 2.06 bits per heavy atom. The maximum absolute atomic E-state index is 11.9. The SMILES string of the molecule is CCOc1cc(C(=O)Nc2ccccc2)ncn1. The van der Waals surface area contributed by atoms with Crippen molar-refractivity contribution in [2.45, 2.75) is 6.92 Å². The van der Waals surface area contributed by atoms with Crippen LogP contribution in [0.25, 0.3) is 0 Å². The van der Waals surface area contributed by atoms with Crippen LogP contribution >= 0.6 is 0 Å². The summed E-state index contributed by atoms with van der Waals surface area (Å²) >= 11 is 0. The topological polar surface area (TPSA) is 64.1 Å². The van der Waals surface area contributed by atoms with Crippen LogP contribution in [-0.2, 0) is 0 Å². The number of anilines is 1. The van der Waals surface area contributed by atoms with Crippen LogP contribution in [0, 0.1) is 0 Å². The second-order valence-electron chi connectivity index (χ2n) is 3.49. The van der Waals surface area contributed by atoms with E-state index in [0.717, 1.165) is 5.69 Å². The van der Waals surface area contributed by atoms with Crippen molar-refractivity contribution >= 4 is 11.6 Å². The van der Waals surface area contributed by atoms with Crippen molar-refractivity contribution < 1.29 is 9.53 Å². The zero-order valence-corrected chi connectivity index (χ0v) is 9.96. The highest BCUT2D eigenvalue weighted by molar-refractivity contribution is 6.02. The van der Waals surface area contributed by atoms with Crippen LogP contribution < -0.4 is 10.1 Å². The summed E-state index contributed by atoms with van der Waals surface area (Å²) in [5.74, 6) is 0.107. The molecular formula is C13H13N3O2. The first-order chi connectivity index (χ1) is 8.79. The Hall–Kier alpha value is -2.43. The van der Waals surface area contributed by atoms with E-state index in [9.17, 15) is 4.79 Å². The van der Waals surface area contributed by atoms with Crippen LogP contribution in [0.5, 0.6) is 5.88 Å². The molecule has 0 aliphatic rings. The highest BCUT2D eigenvalue weighted by Gasteiger charge is 2.09. The van der Waals surface area contributed by atoms with Crippen molar-refractivity contribution in [1.29, 1.82) is 0 Å². The van der Waals surface area contributed by atoms with E-state index in [0.29, 0.717) is 12.5 Å². The summed E-state index contributed by atoms with van der Waals surface area (Å²) in [5.41, 5.74) is 0.997. The van der Waals surface area contributed by atoms with Gasteiger partial charge in [0, 0.05) is 11.8 Å². The quantitative estimate of drug-likeness (QED) is 0.893. The summed E-state index contributed by atoms with van der Waals surface area (Å²) in [6, 6.07) is 10.7. The van der Waals surface area contributed by atoms with Crippen LogP contribution in [0.3, 0.4) is 0 Å². The number of ether oxygens (including phenoxy) is 1. The lowest BCUT2D eigenvalue weighted by molar-refractivity contribution is 0.102. The van der Waals surface area contributed by atoms with Crippen molar-refractivity contribution in [3.8, 4) is 5.88 Å². The third-order valence-corrected chi connectivity index (χ3v) is 2.20. The van der Waals surface area contributed by atoms with E-state index in [1.807, 2.05) is 37.3 Å². The van der Waals surface area contributed by atoms with Crippen LogP contribution in [0.15, 0.2) is 42.7 Å². The molecule has 0 aliphatic heterocycles. The molecule has 1 heterocycles. The number of hydrogen-bond donors (Lipinski definition) is 1. The number of nitrogens with one attached hydrogen (secondary N) is 1. The summed E-state index contributed by atoms with van der Waals surface area (Å²) in [5, 5.41) is 2.74. The largest absolute Gasteiger partial charge is 0.478 e. The molecule has 0 bridgehead atoms. The van der Waals surface area contributed by atoms with Gasteiger partial charge in [-0.15, -0.1) is 0 Å². The number of hydrogen-bond acceptors (Lipinski definition) is 4. The van der Waals surface area contributed by atoms with Gasteiger partial charge in [0.15, 0.2) is 0 Å². The van der Waals surface area contributed by atoms with E-state index in [1.165, 1.54) is 12.4 Å². The van der Waals surface area contributed by atoms with Gasteiger partial charge in [-0.05, 0) is 19.1 Å². The van der Waals surface area contributed by atoms with E-state index in [-0.39, 0.29) is 11.6 Å². The highest BCUT2D eigenvalue weighted by Crippen LogP contribution is 2.10. The molecule has 5 nitrogen and oxygen atoms in total. The Morgan fingerprint density at radius 1 is 1.28 bits per heavy atom. The molecule has 0 atom stereocenters. The summed E-state index contributed by atoms with van der Waals surface area (Å²) in [7, 11) is 0. The summed E-state index contributed by atoms with van der Waals surface area (Å²) in [4.78, 5) is 19.7.